The van der Waals surface area contributed by atoms with Gasteiger partial charge in [-0.15, -0.1) is 6.58 Å². The van der Waals surface area contributed by atoms with Crippen molar-refractivity contribution in [2.45, 2.75) is 32.9 Å². The molecule has 2 heterocycles. The lowest BCUT2D eigenvalue weighted by molar-refractivity contribution is 0.475. The molecule has 21 heavy (non-hydrogen) atoms. The Morgan fingerprint density at radius 1 is 1.43 bits per heavy atom. The number of nitrogens with zero attached hydrogens (tertiary/aromatic N) is 3. The molecule has 118 valence electrons. The molecule has 6 nitrogen and oxygen atoms in total. The molecule has 0 amide bonds. The number of sulfonamides is 1. The van der Waals surface area contributed by atoms with Gasteiger partial charge in [-0.3, -0.25) is 4.68 Å². The van der Waals surface area contributed by atoms with Crippen LogP contribution in [0.1, 0.15) is 24.1 Å². The molecule has 0 bridgehead atoms. The van der Waals surface area contributed by atoms with E-state index in [0.717, 1.165) is 24.1 Å². The Kier molecular flexibility index (Phi) is 5.55. The van der Waals surface area contributed by atoms with E-state index in [0.29, 0.717) is 32.7 Å². The zero-order chi connectivity index (χ0) is 15.3. The smallest absolute Gasteiger partial charge is 0.215 e. The molecule has 2 rings (SSSR count). The molecule has 0 radical (unpaired) electrons. The molecular weight excluding hydrogens is 288 g/mol. The van der Waals surface area contributed by atoms with Crippen LogP contribution in [0.5, 0.6) is 0 Å². The molecule has 0 saturated carbocycles. The lowest BCUT2D eigenvalue weighted by Gasteiger charge is -2.15. The average molecular weight is 312 g/mol. The van der Waals surface area contributed by atoms with E-state index >= 15 is 0 Å². The maximum atomic E-state index is 12.1. The van der Waals surface area contributed by atoms with E-state index in [1.54, 1.807) is 10.4 Å². The third-order valence-electron chi connectivity index (χ3n) is 3.67. The summed E-state index contributed by atoms with van der Waals surface area (Å²) < 4.78 is 27.6. The van der Waals surface area contributed by atoms with Crippen molar-refractivity contribution in [1.82, 2.24) is 19.4 Å². The van der Waals surface area contributed by atoms with Crippen molar-refractivity contribution in [3.05, 3.63) is 30.1 Å². The first kappa shape index (κ1) is 16.2. The predicted molar refractivity (Wildman–Crippen MR) is 83.5 cm³/mol. The van der Waals surface area contributed by atoms with Gasteiger partial charge in [0.15, 0.2) is 0 Å². The van der Waals surface area contributed by atoms with Gasteiger partial charge in [-0.2, -0.15) is 5.10 Å². The van der Waals surface area contributed by atoms with Gasteiger partial charge in [-0.1, -0.05) is 6.08 Å². The lowest BCUT2D eigenvalue weighted by Crippen LogP contribution is -2.34. The first-order chi connectivity index (χ1) is 10.0. The Hall–Kier alpha value is -1.18. The van der Waals surface area contributed by atoms with Crippen LogP contribution in [0, 0.1) is 6.92 Å². The first-order valence-electron chi connectivity index (χ1n) is 7.35. The number of aromatic nitrogens is 2. The van der Waals surface area contributed by atoms with Gasteiger partial charge in [-0.05, 0) is 19.8 Å². The summed E-state index contributed by atoms with van der Waals surface area (Å²) in [4.78, 5) is 0. The molecular formula is C14H24N4O2S. The van der Waals surface area contributed by atoms with Crippen LogP contribution in [-0.4, -0.2) is 47.9 Å². The van der Waals surface area contributed by atoms with Gasteiger partial charge in [0.05, 0.1) is 18.0 Å². The van der Waals surface area contributed by atoms with Crippen LogP contribution in [0.15, 0.2) is 18.9 Å². The van der Waals surface area contributed by atoms with Crippen molar-refractivity contribution in [3.63, 3.8) is 0 Å². The lowest BCUT2D eigenvalue weighted by atomic mass is 10.2. The topological polar surface area (TPSA) is 67.2 Å². The zero-order valence-electron chi connectivity index (χ0n) is 12.6. The Morgan fingerprint density at radius 2 is 2.14 bits per heavy atom. The van der Waals surface area contributed by atoms with Gasteiger partial charge in [0.25, 0.3) is 0 Å². The standard InChI is InChI=1S/C14H24N4O2S/c1-3-7-17-12-14(13(2)16-17)11-15-6-10-21(19,20)18-8-4-5-9-18/h3,12,15H,1,4-11H2,2H3. The highest BCUT2D eigenvalue weighted by Crippen LogP contribution is 2.12. The SMILES string of the molecule is C=CCn1cc(CNCCS(=O)(=O)N2CCCC2)c(C)n1. The Bertz CT molecular complexity index is 574. The van der Waals surface area contributed by atoms with Gasteiger partial charge in [0.2, 0.25) is 10.0 Å². The van der Waals surface area contributed by atoms with Gasteiger partial charge < -0.3 is 5.32 Å². The molecule has 1 fully saturated rings. The minimum Gasteiger partial charge on any atom is -0.311 e. The van der Waals surface area contributed by atoms with E-state index in [9.17, 15) is 8.42 Å². The van der Waals surface area contributed by atoms with Crippen molar-refractivity contribution in [3.8, 4) is 0 Å². The fourth-order valence-electron chi connectivity index (χ4n) is 2.48. The molecule has 1 aromatic rings. The molecule has 1 N–H and O–H groups in total. The van der Waals surface area contributed by atoms with Crippen LogP contribution in [-0.2, 0) is 23.1 Å². The second-order valence-corrected chi connectivity index (χ2v) is 7.44. The summed E-state index contributed by atoms with van der Waals surface area (Å²) in [5.41, 5.74) is 2.06. The van der Waals surface area contributed by atoms with Crippen molar-refractivity contribution in [1.29, 1.82) is 0 Å². The van der Waals surface area contributed by atoms with E-state index in [1.165, 1.54) is 0 Å². The molecule has 1 aliphatic heterocycles. The van der Waals surface area contributed by atoms with Crippen LogP contribution in [0.25, 0.3) is 0 Å². The second-order valence-electron chi connectivity index (χ2n) is 5.35. The zero-order valence-corrected chi connectivity index (χ0v) is 13.4. The van der Waals surface area contributed by atoms with E-state index in [1.807, 2.05) is 17.8 Å². The van der Waals surface area contributed by atoms with Crippen molar-refractivity contribution >= 4 is 10.0 Å². The van der Waals surface area contributed by atoms with Crippen molar-refractivity contribution < 1.29 is 8.42 Å². The summed E-state index contributed by atoms with van der Waals surface area (Å²) >= 11 is 0. The average Bonchev–Trinajstić information content (AvgIpc) is 3.06. The quantitative estimate of drug-likeness (QED) is 0.572. The van der Waals surface area contributed by atoms with Gasteiger partial charge in [0.1, 0.15) is 0 Å². The highest BCUT2D eigenvalue weighted by Gasteiger charge is 2.24. The van der Waals surface area contributed by atoms with Crippen molar-refractivity contribution in [2.24, 2.45) is 0 Å². The number of hydrogen-bond acceptors (Lipinski definition) is 4. The van der Waals surface area contributed by atoms with Crippen LogP contribution in [0.3, 0.4) is 0 Å². The Labute approximate surface area is 126 Å². The summed E-state index contributed by atoms with van der Waals surface area (Å²) in [6.07, 6.45) is 5.73. The number of allylic oxidation sites excluding steroid dienone is 1. The number of hydrogen-bond donors (Lipinski definition) is 1. The summed E-state index contributed by atoms with van der Waals surface area (Å²) in [5.74, 6) is 0.160. The predicted octanol–water partition coefficient (Wildman–Crippen LogP) is 0.893. The third kappa shape index (κ3) is 4.39. The molecule has 1 saturated heterocycles. The van der Waals surface area contributed by atoms with Gasteiger partial charge >= 0.3 is 0 Å². The van der Waals surface area contributed by atoms with Crippen LogP contribution in [0.2, 0.25) is 0 Å². The molecule has 0 aromatic carbocycles. The molecule has 0 unspecified atom stereocenters. The van der Waals surface area contributed by atoms with E-state index < -0.39 is 10.0 Å². The maximum Gasteiger partial charge on any atom is 0.215 e. The molecule has 0 atom stereocenters. The Balaban J connectivity index is 1.78. The highest BCUT2D eigenvalue weighted by atomic mass is 32.2. The maximum absolute atomic E-state index is 12.1. The molecule has 7 heteroatoms. The second kappa shape index (κ2) is 7.20. The van der Waals surface area contributed by atoms with Crippen LogP contribution in [0.4, 0.5) is 0 Å². The first-order valence-corrected chi connectivity index (χ1v) is 8.96. The third-order valence-corrected chi connectivity index (χ3v) is 5.55. The largest absolute Gasteiger partial charge is 0.311 e. The van der Waals surface area contributed by atoms with E-state index in [2.05, 4.69) is 17.0 Å². The monoisotopic (exact) mass is 312 g/mol. The van der Waals surface area contributed by atoms with Crippen LogP contribution < -0.4 is 5.32 Å². The van der Waals surface area contributed by atoms with Crippen molar-refractivity contribution in [2.75, 3.05) is 25.4 Å². The summed E-state index contributed by atoms with van der Waals surface area (Å²) in [6.45, 7) is 8.78. The number of nitrogens with one attached hydrogen (secondary N) is 1. The summed E-state index contributed by atoms with van der Waals surface area (Å²) in [6, 6.07) is 0. The molecule has 0 aliphatic carbocycles. The number of aryl methyl sites for hydroxylation is 1. The fourth-order valence-corrected chi connectivity index (χ4v) is 3.95. The molecule has 1 aromatic heterocycles. The highest BCUT2D eigenvalue weighted by molar-refractivity contribution is 7.89. The minimum atomic E-state index is -3.09. The molecule has 0 spiro atoms. The summed E-state index contributed by atoms with van der Waals surface area (Å²) in [7, 11) is -3.09. The van der Waals surface area contributed by atoms with E-state index in [4.69, 9.17) is 0 Å². The Morgan fingerprint density at radius 3 is 2.81 bits per heavy atom. The number of rotatable bonds is 8. The fraction of sp³-hybridized carbons (Fsp3) is 0.643. The molecule has 1 aliphatic rings. The summed E-state index contributed by atoms with van der Waals surface area (Å²) in [5, 5.41) is 7.56. The van der Waals surface area contributed by atoms with Crippen LogP contribution >= 0.6 is 0 Å². The van der Waals surface area contributed by atoms with Gasteiger partial charge in [0, 0.05) is 37.9 Å². The van der Waals surface area contributed by atoms with E-state index in [-0.39, 0.29) is 5.75 Å². The van der Waals surface area contributed by atoms with Gasteiger partial charge in [-0.25, -0.2) is 12.7 Å². The normalized spacial score (nSPS) is 16.4. The minimum absolute atomic E-state index is 0.160.